The molecule has 2 aliphatic heterocycles. The van der Waals surface area contributed by atoms with Crippen LogP contribution in [0, 0.1) is 5.92 Å². The number of hydrogen-bond donors (Lipinski definition) is 1. The summed E-state index contributed by atoms with van der Waals surface area (Å²) in [5.74, 6) is -0.622. The monoisotopic (exact) mass is 338 g/mol. The van der Waals surface area contributed by atoms with E-state index in [0.717, 1.165) is 36.8 Å². The average Bonchev–Trinajstić information content (AvgIpc) is 3.03. The number of carbonyl (C=O) groups excluding carboxylic acids is 2. The summed E-state index contributed by atoms with van der Waals surface area (Å²) >= 11 is 0. The molecule has 1 unspecified atom stereocenters. The quantitative estimate of drug-likeness (QED) is 0.920. The van der Waals surface area contributed by atoms with Gasteiger partial charge in [-0.05, 0) is 25.0 Å². The summed E-state index contributed by atoms with van der Waals surface area (Å²) in [5.41, 5.74) is 7.57. The van der Waals surface area contributed by atoms with Crippen LogP contribution < -0.4 is 10.6 Å². The fourth-order valence-corrected chi connectivity index (χ4v) is 4.05. The highest BCUT2D eigenvalue weighted by atomic mass is 16.2. The van der Waals surface area contributed by atoms with Crippen LogP contribution in [0.5, 0.6) is 0 Å². The second-order valence-electron chi connectivity index (χ2n) is 6.91. The molecule has 25 heavy (non-hydrogen) atoms. The molecule has 3 heterocycles. The first-order chi connectivity index (χ1) is 12.1. The summed E-state index contributed by atoms with van der Waals surface area (Å²) in [6.45, 7) is 2.27. The number of likely N-dealkylation sites (tertiary alicyclic amines) is 1. The Kier molecular flexibility index (Phi) is 4.03. The molecule has 2 saturated heterocycles. The molecule has 0 bridgehead atoms. The van der Waals surface area contributed by atoms with Gasteiger partial charge in [0.1, 0.15) is 0 Å². The Morgan fingerprint density at radius 1 is 1.16 bits per heavy atom. The maximum absolute atomic E-state index is 12.2. The number of anilines is 1. The fourth-order valence-electron chi connectivity index (χ4n) is 4.05. The van der Waals surface area contributed by atoms with Crippen LogP contribution in [0.1, 0.15) is 19.3 Å². The molecule has 1 aromatic heterocycles. The Bertz CT molecular complexity index is 809. The summed E-state index contributed by atoms with van der Waals surface area (Å²) in [6, 6.07) is 10.4. The van der Waals surface area contributed by atoms with Crippen molar-refractivity contribution in [3.05, 3.63) is 36.5 Å². The van der Waals surface area contributed by atoms with Gasteiger partial charge in [0.25, 0.3) is 0 Å². The molecule has 0 radical (unpaired) electrons. The number of nitrogens with zero attached hydrogens (tertiary/aromatic N) is 3. The summed E-state index contributed by atoms with van der Waals surface area (Å²) in [7, 11) is 0. The zero-order valence-electron chi connectivity index (χ0n) is 14.1. The Morgan fingerprint density at radius 3 is 2.64 bits per heavy atom. The number of fused-ring (bicyclic) bond motifs is 1. The van der Waals surface area contributed by atoms with E-state index in [0.29, 0.717) is 6.54 Å². The van der Waals surface area contributed by atoms with E-state index in [1.807, 2.05) is 29.3 Å². The molecule has 0 saturated carbocycles. The van der Waals surface area contributed by atoms with Crippen molar-refractivity contribution >= 4 is 28.4 Å². The lowest BCUT2D eigenvalue weighted by molar-refractivity contribution is -0.130. The highest BCUT2D eigenvalue weighted by Crippen LogP contribution is 2.30. The number of primary amides is 1. The van der Waals surface area contributed by atoms with Crippen molar-refractivity contribution in [1.29, 1.82) is 0 Å². The Labute approximate surface area is 146 Å². The molecule has 2 aliphatic rings. The maximum atomic E-state index is 12.2. The second-order valence-corrected chi connectivity index (χ2v) is 6.91. The number of hydrogen-bond acceptors (Lipinski definition) is 4. The van der Waals surface area contributed by atoms with Gasteiger partial charge in [0.2, 0.25) is 11.8 Å². The highest BCUT2D eigenvalue weighted by Gasteiger charge is 2.38. The largest absolute Gasteiger partial charge is 0.371 e. The number of rotatable bonds is 3. The number of amides is 2. The van der Waals surface area contributed by atoms with Gasteiger partial charge in [-0.15, -0.1) is 0 Å². The van der Waals surface area contributed by atoms with Crippen LogP contribution >= 0.6 is 0 Å². The third kappa shape index (κ3) is 2.92. The average molecular weight is 338 g/mol. The molecule has 1 atom stereocenters. The van der Waals surface area contributed by atoms with Crippen molar-refractivity contribution < 1.29 is 9.59 Å². The van der Waals surface area contributed by atoms with Gasteiger partial charge in [-0.1, -0.05) is 18.2 Å². The standard InChI is InChI=1S/C19H22N4O2/c20-19(25)13-11-18(24)23(12-13)14-6-9-22(10-7-14)17-5-8-21-16-4-2-1-3-15(16)17/h1-5,8,13-14H,6-7,9-12H2,(H2,20,25). The van der Waals surface area contributed by atoms with Crippen LogP contribution in [0.4, 0.5) is 5.69 Å². The molecule has 130 valence electrons. The Hall–Kier alpha value is -2.63. The smallest absolute Gasteiger partial charge is 0.223 e. The predicted octanol–water partition coefficient (Wildman–Crippen LogP) is 1.54. The van der Waals surface area contributed by atoms with Crippen LogP contribution in [-0.4, -0.2) is 47.4 Å². The second kappa shape index (κ2) is 6.35. The van der Waals surface area contributed by atoms with E-state index in [4.69, 9.17) is 5.73 Å². The lowest BCUT2D eigenvalue weighted by Gasteiger charge is -2.38. The van der Waals surface area contributed by atoms with E-state index in [9.17, 15) is 9.59 Å². The number of aromatic nitrogens is 1. The minimum atomic E-state index is -0.364. The van der Waals surface area contributed by atoms with E-state index >= 15 is 0 Å². The van der Waals surface area contributed by atoms with Gasteiger partial charge < -0.3 is 15.5 Å². The van der Waals surface area contributed by atoms with Gasteiger partial charge in [-0.25, -0.2) is 0 Å². The van der Waals surface area contributed by atoms with Gasteiger partial charge in [-0.2, -0.15) is 0 Å². The maximum Gasteiger partial charge on any atom is 0.223 e. The number of piperidine rings is 1. The summed E-state index contributed by atoms with van der Waals surface area (Å²) in [6.07, 6.45) is 3.94. The van der Waals surface area contributed by atoms with Crippen LogP contribution in [0.15, 0.2) is 36.5 Å². The molecule has 2 aromatic rings. The first kappa shape index (κ1) is 15.9. The number of pyridine rings is 1. The van der Waals surface area contributed by atoms with Crippen LogP contribution in [0.3, 0.4) is 0 Å². The van der Waals surface area contributed by atoms with E-state index in [2.05, 4.69) is 22.0 Å². The normalized spacial score (nSPS) is 21.9. The van der Waals surface area contributed by atoms with Crippen molar-refractivity contribution in [2.75, 3.05) is 24.5 Å². The molecule has 2 amide bonds. The zero-order valence-corrected chi connectivity index (χ0v) is 14.1. The van der Waals surface area contributed by atoms with Crippen LogP contribution in [-0.2, 0) is 9.59 Å². The van der Waals surface area contributed by atoms with Crippen molar-refractivity contribution in [2.24, 2.45) is 11.7 Å². The van der Waals surface area contributed by atoms with Gasteiger partial charge in [0.05, 0.1) is 11.4 Å². The summed E-state index contributed by atoms with van der Waals surface area (Å²) in [4.78, 5) is 32.2. The lowest BCUT2D eigenvalue weighted by atomic mass is 10.0. The molecule has 1 aromatic carbocycles. The van der Waals surface area contributed by atoms with E-state index in [-0.39, 0.29) is 30.2 Å². The van der Waals surface area contributed by atoms with Gasteiger partial charge in [0.15, 0.2) is 0 Å². The molecule has 2 fully saturated rings. The number of para-hydroxylation sites is 1. The minimum absolute atomic E-state index is 0.0663. The Balaban J connectivity index is 1.47. The first-order valence-electron chi connectivity index (χ1n) is 8.81. The molecule has 4 rings (SSSR count). The van der Waals surface area contributed by atoms with Gasteiger partial charge >= 0.3 is 0 Å². The summed E-state index contributed by atoms with van der Waals surface area (Å²) < 4.78 is 0. The number of carbonyl (C=O) groups is 2. The number of nitrogens with two attached hydrogens (primary N) is 1. The third-order valence-corrected chi connectivity index (χ3v) is 5.43. The van der Waals surface area contributed by atoms with E-state index < -0.39 is 0 Å². The number of benzene rings is 1. The molecular formula is C19H22N4O2. The van der Waals surface area contributed by atoms with Gasteiger partial charge in [-0.3, -0.25) is 14.6 Å². The molecule has 2 N–H and O–H groups in total. The molecule has 6 nitrogen and oxygen atoms in total. The van der Waals surface area contributed by atoms with Crippen molar-refractivity contribution in [2.45, 2.75) is 25.3 Å². The molecule has 6 heteroatoms. The van der Waals surface area contributed by atoms with Crippen LogP contribution in [0.25, 0.3) is 10.9 Å². The molecular weight excluding hydrogens is 316 g/mol. The SMILES string of the molecule is NC(=O)C1CC(=O)N(C2CCN(c3ccnc4ccccc34)CC2)C1. The van der Waals surface area contributed by atoms with Crippen molar-refractivity contribution in [3.8, 4) is 0 Å². The highest BCUT2D eigenvalue weighted by molar-refractivity contribution is 5.91. The fraction of sp³-hybridized carbons (Fsp3) is 0.421. The first-order valence-corrected chi connectivity index (χ1v) is 8.81. The lowest BCUT2D eigenvalue weighted by Crippen LogP contribution is -2.46. The topological polar surface area (TPSA) is 79.5 Å². The predicted molar refractivity (Wildman–Crippen MR) is 96.0 cm³/mol. The summed E-state index contributed by atoms with van der Waals surface area (Å²) in [5, 5.41) is 1.16. The minimum Gasteiger partial charge on any atom is -0.371 e. The Morgan fingerprint density at radius 2 is 1.92 bits per heavy atom. The third-order valence-electron chi connectivity index (χ3n) is 5.43. The van der Waals surface area contributed by atoms with Gasteiger partial charge in [0, 0.05) is 49.4 Å². The van der Waals surface area contributed by atoms with Crippen LogP contribution in [0.2, 0.25) is 0 Å². The van der Waals surface area contributed by atoms with E-state index in [1.54, 1.807) is 0 Å². The molecule has 0 aliphatic carbocycles. The van der Waals surface area contributed by atoms with E-state index in [1.165, 1.54) is 5.69 Å². The zero-order chi connectivity index (χ0) is 17.4. The van der Waals surface area contributed by atoms with Crippen molar-refractivity contribution in [3.63, 3.8) is 0 Å². The van der Waals surface area contributed by atoms with Crippen molar-refractivity contribution in [1.82, 2.24) is 9.88 Å². The molecule has 0 spiro atoms.